The zero-order chi connectivity index (χ0) is 12.6. The number of fused-ring (bicyclic) bond motifs is 1. The highest BCUT2D eigenvalue weighted by molar-refractivity contribution is 5.94. The Balaban J connectivity index is 2.45. The van der Waals surface area contributed by atoms with Crippen molar-refractivity contribution in [2.75, 3.05) is 4.90 Å². The van der Waals surface area contributed by atoms with Gasteiger partial charge in [0.25, 0.3) is 0 Å². The van der Waals surface area contributed by atoms with E-state index in [1.165, 1.54) is 18.7 Å². The van der Waals surface area contributed by atoms with Crippen molar-refractivity contribution in [3.05, 3.63) is 29.8 Å². The van der Waals surface area contributed by atoms with Crippen molar-refractivity contribution in [3.8, 4) is 0 Å². The summed E-state index contributed by atoms with van der Waals surface area (Å²) in [5.74, 6) is -0.783. The van der Waals surface area contributed by atoms with Crippen molar-refractivity contribution in [1.82, 2.24) is 0 Å². The summed E-state index contributed by atoms with van der Waals surface area (Å²) >= 11 is 0. The summed E-state index contributed by atoms with van der Waals surface area (Å²) in [5.41, 5.74) is 1.23. The van der Waals surface area contributed by atoms with Gasteiger partial charge in [-0.2, -0.15) is 0 Å². The van der Waals surface area contributed by atoms with Gasteiger partial charge >= 0.3 is 5.97 Å². The molecule has 1 aliphatic heterocycles. The average molecular weight is 235 g/mol. The van der Waals surface area contributed by atoms with Gasteiger partial charge in [0.2, 0.25) is 5.91 Å². The number of esters is 1. The van der Waals surface area contributed by atoms with E-state index in [0.29, 0.717) is 11.3 Å². The number of hydrogen-bond acceptors (Lipinski definition) is 4. The lowest BCUT2D eigenvalue weighted by molar-refractivity contribution is -0.152. The van der Waals surface area contributed by atoms with Crippen molar-refractivity contribution >= 4 is 17.6 Å². The van der Waals surface area contributed by atoms with Crippen LogP contribution in [0.25, 0.3) is 0 Å². The van der Waals surface area contributed by atoms with Gasteiger partial charge in [-0.25, -0.2) is 0 Å². The Morgan fingerprint density at radius 2 is 1.94 bits per heavy atom. The molecule has 0 spiro atoms. The lowest BCUT2D eigenvalue weighted by atomic mass is 10.1. The van der Waals surface area contributed by atoms with Crippen LogP contribution in [0.15, 0.2) is 24.3 Å². The minimum absolute atomic E-state index is 0.292. The van der Waals surface area contributed by atoms with Gasteiger partial charge in [-0.05, 0) is 6.07 Å². The van der Waals surface area contributed by atoms with Crippen molar-refractivity contribution < 1.29 is 19.4 Å². The van der Waals surface area contributed by atoms with Crippen LogP contribution < -0.4 is 4.90 Å². The molecule has 17 heavy (non-hydrogen) atoms. The molecule has 1 aliphatic rings. The largest absolute Gasteiger partial charge is 0.453 e. The maximum absolute atomic E-state index is 11.5. The Morgan fingerprint density at radius 3 is 2.53 bits per heavy atom. The van der Waals surface area contributed by atoms with Crippen LogP contribution in [0.1, 0.15) is 25.5 Å². The number of anilines is 1. The zero-order valence-electron chi connectivity index (χ0n) is 9.58. The number of para-hydroxylation sites is 1. The van der Waals surface area contributed by atoms with Gasteiger partial charge in [-0.1, -0.05) is 18.2 Å². The Bertz CT molecular complexity index is 471. The molecule has 5 nitrogen and oxygen atoms in total. The normalized spacial score (nSPS) is 22.2. The number of benzene rings is 1. The number of ether oxygens (including phenoxy) is 1. The van der Waals surface area contributed by atoms with Gasteiger partial charge in [0.1, 0.15) is 0 Å². The van der Waals surface area contributed by atoms with Crippen LogP contribution in [0.3, 0.4) is 0 Å². The molecule has 0 saturated heterocycles. The molecule has 1 N–H and O–H groups in total. The maximum Gasteiger partial charge on any atom is 0.303 e. The summed E-state index contributed by atoms with van der Waals surface area (Å²) < 4.78 is 5.05. The van der Waals surface area contributed by atoms with Crippen molar-refractivity contribution in [3.63, 3.8) is 0 Å². The first-order valence-corrected chi connectivity index (χ1v) is 5.26. The molecule has 0 radical (unpaired) electrons. The summed E-state index contributed by atoms with van der Waals surface area (Å²) in [5, 5.41) is 10.0. The smallest absolute Gasteiger partial charge is 0.303 e. The second kappa shape index (κ2) is 4.18. The molecular formula is C12H13NO4. The SMILES string of the molecule is CC(=O)OC1c2ccccc2N(C(C)=O)C1O. The van der Waals surface area contributed by atoms with Crippen molar-refractivity contribution in [2.24, 2.45) is 0 Å². The molecule has 0 aromatic heterocycles. The van der Waals surface area contributed by atoms with E-state index in [0.717, 1.165) is 0 Å². The number of nitrogens with zero attached hydrogens (tertiary/aromatic N) is 1. The first-order valence-electron chi connectivity index (χ1n) is 5.26. The second-order valence-corrected chi connectivity index (χ2v) is 3.89. The summed E-state index contributed by atoms with van der Waals surface area (Å²) in [4.78, 5) is 23.7. The number of rotatable bonds is 1. The van der Waals surface area contributed by atoms with Gasteiger partial charge < -0.3 is 9.84 Å². The number of hydrogen-bond donors (Lipinski definition) is 1. The fourth-order valence-electron chi connectivity index (χ4n) is 2.05. The molecule has 1 aromatic rings. The first-order chi connectivity index (χ1) is 8.02. The lowest BCUT2D eigenvalue weighted by Crippen LogP contribution is -2.38. The fourth-order valence-corrected chi connectivity index (χ4v) is 2.05. The lowest BCUT2D eigenvalue weighted by Gasteiger charge is -2.22. The van der Waals surface area contributed by atoms with Gasteiger partial charge in [0.15, 0.2) is 12.3 Å². The van der Waals surface area contributed by atoms with Crippen molar-refractivity contribution in [2.45, 2.75) is 26.2 Å². The van der Waals surface area contributed by atoms with E-state index < -0.39 is 18.3 Å². The molecule has 0 bridgehead atoms. The van der Waals surface area contributed by atoms with E-state index in [-0.39, 0.29) is 5.91 Å². The molecule has 0 saturated carbocycles. The number of carbonyl (C=O) groups is 2. The highest BCUT2D eigenvalue weighted by Crippen LogP contribution is 2.40. The van der Waals surface area contributed by atoms with Crippen LogP contribution in [0.2, 0.25) is 0 Å². The van der Waals surface area contributed by atoms with Crippen LogP contribution >= 0.6 is 0 Å². The molecule has 2 rings (SSSR count). The van der Waals surface area contributed by atoms with E-state index in [1.807, 2.05) is 0 Å². The highest BCUT2D eigenvalue weighted by atomic mass is 16.6. The van der Waals surface area contributed by atoms with Gasteiger partial charge in [-0.3, -0.25) is 14.5 Å². The third kappa shape index (κ3) is 1.89. The molecule has 1 heterocycles. The molecule has 0 aliphatic carbocycles. The Morgan fingerprint density at radius 1 is 1.29 bits per heavy atom. The Kier molecular flexibility index (Phi) is 2.85. The number of amides is 1. The van der Waals surface area contributed by atoms with E-state index in [9.17, 15) is 14.7 Å². The molecule has 90 valence electrons. The summed E-state index contributed by atoms with van der Waals surface area (Å²) in [7, 11) is 0. The fraction of sp³-hybridized carbons (Fsp3) is 0.333. The number of aliphatic hydroxyl groups is 1. The Hall–Kier alpha value is -1.88. The van der Waals surface area contributed by atoms with Crippen molar-refractivity contribution in [1.29, 1.82) is 0 Å². The van der Waals surface area contributed by atoms with Gasteiger partial charge in [0.05, 0.1) is 5.69 Å². The molecule has 2 atom stereocenters. The second-order valence-electron chi connectivity index (χ2n) is 3.89. The quantitative estimate of drug-likeness (QED) is 0.737. The maximum atomic E-state index is 11.5. The predicted molar refractivity (Wildman–Crippen MR) is 60.1 cm³/mol. The summed E-state index contributed by atoms with van der Waals surface area (Å²) in [6.07, 6.45) is -1.97. The highest BCUT2D eigenvalue weighted by Gasteiger charge is 2.41. The molecular weight excluding hydrogens is 222 g/mol. The van der Waals surface area contributed by atoms with E-state index in [1.54, 1.807) is 24.3 Å². The molecule has 1 aromatic carbocycles. The van der Waals surface area contributed by atoms with Crippen LogP contribution in [0.5, 0.6) is 0 Å². The van der Waals surface area contributed by atoms with Gasteiger partial charge in [0, 0.05) is 19.4 Å². The van der Waals surface area contributed by atoms with E-state index in [4.69, 9.17) is 4.74 Å². The standard InChI is InChI=1S/C12H13NO4/c1-7(14)13-10-6-4-3-5-9(10)11(12(13)16)17-8(2)15/h3-6,11-12,16H,1-2H3. The third-order valence-electron chi connectivity index (χ3n) is 2.67. The van der Waals surface area contributed by atoms with Crippen LogP contribution in [0.4, 0.5) is 5.69 Å². The molecule has 1 amide bonds. The minimum atomic E-state index is -1.16. The minimum Gasteiger partial charge on any atom is -0.453 e. The summed E-state index contributed by atoms with van der Waals surface area (Å²) in [6.45, 7) is 2.63. The zero-order valence-corrected chi connectivity index (χ0v) is 9.58. The van der Waals surface area contributed by atoms with E-state index >= 15 is 0 Å². The Labute approximate surface area is 98.6 Å². The molecule has 0 fully saturated rings. The van der Waals surface area contributed by atoms with Gasteiger partial charge in [-0.15, -0.1) is 0 Å². The third-order valence-corrected chi connectivity index (χ3v) is 2.67. The van der Waals surface area contributed by atoms with Crippen LogP contribution in [-0.2, 0) is 14.3 Å². The number of carbonyl (C=O) groups excluding carboxylic acids is 2. The average Bonchev–Trinajstić information content (AvgIpc) is 2.52. The number of aliphatic hydroxyl groups excluding tert-OH is 1. The van der Waals surface area contributed by atoms with Crippen LogP contribution in [0, 0.1) is 0 Å². The first kappa shape index (κ1) is 11.6. The van der Waals surface area contributed by atoms with Crippen LogP contribution in [-0.4, -0.2) is 23.2 Å². The predicted octanol–water partition coefficient (Wildman–Crippen LogP) is 0.976. The van der Waals surface area contributed by atoms with E-state index in [2.05, 4.69) is 0 Å². The molecule has 5 heteroatoms. The summed E-state index contributed by atoms with van der Waals surface area (Å²) in [6, 6.07) is 6.97. The molecule has 2 unspecified atom stereocenters. The topological polar surface area (TPSA) is 66.8 Å². The monoisotopic (exact) mass is 235 g/mol.